The van der Waals surface area contributed by atoms with Crippen molar-refractivity contribution in [2.75, 3.05) is 31.1 Å². The van der Waals surface area contributed by atoms with Crippen LogP contribution in [-0.4, -0.2) is 51.3 Å². The van der Waals surface area contributed by atoms with Gasteiger partial charge in [-0.2, -0.15) is 5.10 Å². The molecule has 1 saturated carbocycles. The molecule has 0 radical (unpaired) electrons. The van der Waals surface area contributed by atoms with E-state index in [-0.39, 0.29) is 18.1 Å². The van der Waals surface area contributed by atoms with Gasteiger partial charge < -0.3 is 9.80 Å². The van der Waals surface area contributed by atoms with Crippen molar-refractivity contribution < 1.29 is 4.79 Å². The Morgan fingerprint density at radius 1 is 0.867 bits per heavy atom. The lowest BCUT2D eigenvalue weighted by molar-refractivity contribution is -0.132. The zero-order valence-corrected chi connectivity index (χ0v) is 16.9. The van der Waals surface area contributed by atoms with E-state index in [1.54, 1.807) is 4.57 Å². The van der Waals surface area contributed by atoms with Crippen LogP contribution in [0.4, 0.5) is 5.69 Å². The van der Waals surface area contributed by atoms with Crippen molar-refractivity contribution >= 4 is 11.6 Å². The molecule has 0 N–H and O–H groups in total. The molecule has 2 aromatic carbocycles. The number of rotatable bonds is 5. The molecule has 0 spiro atoms. The molecule has 154 valence electrons. The third kappa shape index (κ3) is 3.63. The second-order valence-electron chi connectivity index (χ2n) is 7.95. The smallest absolute Gasteiger partial charge is 0.351 e. The fourth-order valence-electron chi connectivity index (χ4n) is 4.03. The van der Waals surface area contributed by atoms with Crippen molar-refractivity contribution in [1.82, 2.24) is 19.2 Å². The summed E-state index contributed by atoms with van der Waals surface area (Å²) in [5, 5.41) is 4.55. The Balaban J connectivity index is 1.31. The van der Waals surface area contributed by atoms with Gasteiger partial charge in [-0.1, -0.05) is 36.4 Å². The third-order valence-corrected chi connectivity index (χ3v) is 5.86. The third-order valence-electron chi connectivity index (χ3n) is 5.86. The molecule has 1 aliphatic carbocycles. The summed E-state index contributed by atoms with van der Waals surface area (Å²) in [6.07, 6.45) is 2.08. The van der Waals surface area contributed by atoms with Gasteiger partial charge >= 0.3 is 5.69 Å². The molecule has 3 aromatic rings. The first-order valence-electron chi connectivity index (χ1n) is 10.5. The molecule has 2 aliphatic rings. The molecule has 1 saturated heterocycles. The predicted molar refractivity (Wildman–Crippen MR) is 115 cm³/mol. The number of nitrogens with zero attached hydrogens (tertiary/aromatic N) is 5. The summed E-state index contributed by atoms with van der Waals surface area (Å²) < 4.78 is 3.00. The first-order chi connectivity index (χ1) is 14.7. The summed E-state index contributed by atoms with van der Waals surface area (Å²) in [6.45, 7) is 2.87. The maximum absolute atomic E-state index is 13.1. The van der Waals surface area contributed by atoms with Gasteiger partial charge in [-0.25, -0.2) is 14.0 Å². The van der Waals surface area contributed by atoms with Crippen molar-refractivity contribution in [2.24, 2.45) is 0 Å². The van der Waals surface area contributed by atoms with E-state index in [9.17, 15) is 9.59 Å². The van der Waals surface area contributed by atoms with Crippen LogP contribution in [0.3, 0.4) is 0 Å². The topological polar surface area (TPSA) is 63.4 Å². The number of hydrogen-bond donors (Lipinski definition) is 0. The summed E-state index contributed by atoms with van der Waals surface area (Å²) in [5.74, 6) is 1.03. The molecular formula is C23H25N5O2. The summed E-state index contributed by atoms with van der Waals surface area (Å²) in [7, 11) is 0. The van der Waals surface area contributed by atoms with Gasteiger partial charge in [0.25, 0.3) is 0 Å². The minimum Gasteiger partial charge on any atom is -0.368 e. The lowest BCUT2D eigenvalue weighted by Gasteiger charge is -2.36. The summed E-state index contributed by atoms with van der Waals surface area (Å²) in [5.41, 5.74) is 1.75. The van der Waals surface area contributed by atoms with Crippen LogP contribution in [-0.2, 0) is 11.3 Å². The molecule has 0 unspecified atom stereocenters. The summed E-state index contributed by atoms with van der Waals surface area (Å²) in [4.78, 5) is 30.1. The monoisotopic (exact) mass is 403 g/mol. The van der Waals surface area contributed by atoms with Gasteiger partial charge in [0.15, 0.2) is 0 Å². The number of hydrogen-bond acceptors (Lipinski definition) is 4. The molecule has 1 amide bonds. The van der Waals surface area contributed by atoms with Crippen molar-refractivity contribution in [3.8, 4) is 5.69 Å². The van der Waals surface area contributed by atoms with Gasteiger partial charge in [-0.3, -0.25) is 4.79 Å². The zero-order chi connectivity index (χ0) is 20.5. The van der Waals surface area contributed by atoms with Crippen molar-refractivity contribution in [3.05, 3.63) is 77.0 Å². The van der Waals surface area contributed by atoms with E-state index in [2.05, 4.69) is 22.1 Å². The molecule has 30 heavy (non-hydrogen) atoms. The van der Waals surface area contributed by atoms with E-state index in [0.29, 0.717) is 19.0 Å². The Morgan fingerprint density at radius 2 is 1.47 bits per heavy atom. The number of benzene rings is 2. The number of para-hydroxylation sites is 2. The molecule has 0 atom stereocenters. The molecule has 2 fully saturated rings. The molecular weight excluding hydrogens is 378 g/mol. The Kier molecular flexibility index (Phi) is 4.86. The largest absolute Gasteiger partial charge is 0.368 e. The summed E-state index contributed by atoms with van der Waals surface area (Å²) >= 11 is 0. The van der Waals surface area contributed by atoms with E-state index in [4.69, 9.17) is 0 Å². The quantitative estimate of drug-likeness (QED) is 0.656. The van der Waals surface area contributed by atoms with Crippen LogP contribution in [0.15, 0.2) is 65.5 Å². The zero-order valence-electron chi connectivity index (χ0n) is 16.9. The summed E-state index contributed by atoms with van der Waals surface area (Å²) in [6, 6.07) is 19.8. The van der Waals surface area contributed by atoms with E-state index < -0.39 is 0 Å². The lowest BCUT2D eigenvalue weighted by Crippen LogP contribution is -2.50. The van der Waals surface area contributed by atoms with Crippen LogP contribution < -0.4 is 10.6 Å². The molecule has 1 aromatic heterocycles. The van der Waals surface area contributed by atoms with Crippen LogP contribution in [0.1, 0.15) is 24.6 Å². The molecule has 1 aliphatic heterocycles. The van der Waals surface area contributed by atoms with Gasteiger partial charge in [0.2, 0.25) is 5.91 Å². The van der Waals surface area contributed by atoms with E-state index in [1.165, 1.54) is 10.4 Å². The van der Waals surface area contributed by atoms with Crippen molar-refractivity contribution in [2.45, 2.75) is 25.3 Å². The second kappa shape index (κ2) is 7.82. The van der Waals surface area contributed by atoms with Gasteiger partial charge in [0, 0.05) is 37.8 Å². The fraction of sp³-hybridized carbons (Fsp3) is 0.348. The Morgan fingerprint density at radius 3 is 2.07 bits per heavy atom. The molecule has 7 nitrogen and oxygen atoms in total. The highest BCUT2D eigenvalue weighted by Gasteiger charge is 2.32. The number of carbonyl (C=O) groups excluding carboxylic acids is 1. The molecule has 2 heterocycles. The number of amides is 1. The van der Waals surface area contributed by atoms with Crippen LogP contribution in [0.5, 0.6) is 0 Å². The lowest BCUT2D eigenvalue weighted by atomic mass is 10.2. The Labute approximate surface area is 175 Å². The number of piperazine rings is 1. The minimum absolute atomic E-state index is 0.0102. The minimum atomic E-state index is -0.237. The van der Waals surface area contributed by atoms with Gasteiger partial charge in [0.05, 0.1) is 5.69 Å². The fourth-order valence-corrected chi connectivity index (χ4v) is 4.03. The van der Waals surface area contributed by atoms with Crippen LogP contribution in [0, 0.1) is 0 Å². The first-order valence-corrected chi connectivity index (χ1v) is 10.5. The van der Waals surface area contributed by atoms with E-state index >= 15 is 0 Å². The van der Waals surface area contributed by atoms with Crippen LogP contribution in [0.2, 0.25) is 0 Å². The number of carbonyl (C=O) groups is 1. The van der Waals surface area contributed by atoms with Crippen LogP contribution in [0.25, 0.3) is 5.69 Å². The highest BCUT2D eigenvalue weighted by molar-refractivity contribution is 5.76. The molecule has 5 rings (SSSR count). The maximum Gasteiger partial charge on any atom is 0.351 e. The van der Waals surface area contributed by atoms with E-state index in [0.717, 1.165) is 37.4 Å². The van der Waals surface area contributed by atoms with Gasteiger partial charge in [-0.05, 0) is 37.1 Å². The van der Waals surface area contributed by atoms with Crippen molar-refractivity contribution in [1.29, 1.82) is 0 Å². The maximum atomic E-state index is 13.1. The van der Waals surface area contributed by atoms with Crippen molar-refractivity contribution in [3.63, 3.8) is 0 Å². The first kappa shape index (κ1) is 18.7. The van der Waals surface area contributed by atoms with Gasteiger partial charge in [0.1, 0.15) is 12.4 Å². The molecule has 0 bridgehead atoms. The highest BCUT2D eigenvalue weighted by atomic mass is 16.2. The Hall–Kier alpha value is -3.35. The molecule has 7 heteroatoms. The highest BCUT2D eigenvalue weighted by Crippen LogP contribution is 2.39. The van der Waals surface area contributed by atoms with Gasteiger partial charge in [-0.15, -0.1) is 0 Å². The standard InChI is InChI=1S/C23H25N5O2/c29-21(26-15-13-25(14-16-26)19-7-3-1-4-8-19)17-27-23(30)28(20-9-5-2-6-10-20)22(24-27)18-11-12-18/h1-10,18H,11-17H2. The van der Waals surface area contributed by atoms with E-state index in [1.807, 2.05) is 53.4 Å². The predicted octanol–water partition coefficient (Wildman–Crippen LogP) is 2.26. The number of aromatic nitrogens is 3. The SMILES string of the molecule is O=C(Cn1nc(C2CC2)n(-c2ccccc2)c1=O)N1CCN(c2ccccc2)CC1. The number of anilines is 1. The Bertz CT molecular complexity index is 1080. The van der Waals surface area contributed by atoms with Crippen LogP contribution >= 0.6 is 0 Å². The normalized spacial score (nSPS) is 16.7. The average Bonchev–Trinajstić information content (AvgIpc) is 3.60. The average molecular weight is 403 g/mol. The second-order valence-corrected chi connectivity index (χ2v) is 7.95.